The number of carbonyl (C=O) groups excluding carboxylic acids is 2. The smallest absolute Gasteiger partial charge is 0.401 e. The van der Waals surface area contributed by atoms with Crippen LogP contribution < -0.4 is 15.5 Å². The first kappa shape index (κ1) is 26.4. The highest BCUT2D eigenvalue weighted by molar-refractivity contribution is 6.47. The Morgan fingerprint density at radius 2 is 1.97 bits per heavy atom. The Kier molecular flexibility index (Phi) is 8.20. The molecular formula is C23H34BF2N3O5. The number of nitrogens with one attached hydrogen (secondary N) is 2. The molecule has 188 valence electrons. The zero-order valence-electron chi connectivity index (χ0n) is 20.3. The van der Waals surface area contributed by atoms with Crippen LogP contribution in [0.25, 0.3) is 0 Å². The number of amides is 2. The Hall–Kier alpha value is -2.24. The third-order valence-corrected chi connectivity index (χ3v) is 6.03. The molecule has 4 atom stereocenters. The molecule has 1 unspecified atom stereocenters. The zero-order valence-corrected chi connectivity index (χ0v) is 20.3. The molecule has 0 aromatic heterocycles. The number of halogens is 2. The number of rotatable bonds is 8. The molecule has 11 heteroatoms. The van der Waals surface area contributed by atoms with Gasteiger partial charge in [0.05, 0.1) is 24.3 Å². The van der Waals surface area contributed by atoms with E-state index in [9.17, 15) is 23.5 Å². The summed E-state index contributed by atoms with van der Waals surface area (Å²) < 4.78 is 38.8. The molecule has 3 rings (SSSR count). The van der Waals surface area contributed by atoms with Crippen LogP contribution in [0.15, 0.2) is 18.2 Å². The lowest BCUT2D eigenvalue weighted by Gasteiger charge is -2.41. The van der Waals surface area contributed by atoms with Gasteiger partial charge in [0, 0.05) is 12.6 Å². The fraction of sp³-hybridized carbons (Fsp3) is 0.652. The summed E-state index contributed by atoms with van der Waals surface area (Å²) in [5.41, 5.74) is -0.204. The van der Waals surface area contributed by atoms with Gasteiger partial charge in [-0.15, -0.1) is 0 Å². The maximum absolute atomic E-state index is 14.1. The maximum Gasteiger partial charge on any atom is 0.483 e. The van der Waals surface area contributed by atoms with Gasteiger partial charge >= 0.3 is 7.12 Å². The van der Waals surface area contributed by atoms with Gasteiger partial charge in [0.25, 0.3) is 0 Å². The topological polar surface area (TPSA) is 100 Å². The average molecular weight is 481 g/mol. The van der Waals surface area contributed by atoms with Crippen LogP contribution in [-0.2, 0) is 18.9 Å². The van der Waals surface area contributed by atoms with Crippen molar-refractivity contribution in [2.75, 3.05) is 18.0 Å². The summed E-state index contributed by atoms with van der Waals surface area (Å²) in [5.74, 6) is -2.57. The summed E-state index contributed by atoms with van der Waals surface area (Å²) in [6, 6.07) is 2.58. The molecule has 1 aromatic carbocycles. The van der Waals surface area contributed by atoms with Crippen molar-refractivity contribution in [3.63, 3.8) is 0 Å². The molecule has 0 saturated carbocycles. The molecule has 0 aliphatic carbocycles. The molecule has 2 aliphatic rings. The summed E-state index contributed by atoms with van der Waals surface area (Å²) in [7, 11) is -0.815. The molecule has 0 radical (unpaired) electrons. The summed E-state index contributed by atoms with van der Waals surface area (Å²) in [6.45, 7) is 9.96. The Bertz CT molecular complexity index is 898. The molecule has 34 heavy (non-hydrogen) atoms. The summed E-state index contributed by atoms with van der Waals surface area (Å²) in [5, 5.41) is 15.7. The standard InChI is InChI=1S/C23H34BF2N3O5/c1-13(2)10-18(24-33-20(22(32)34-24)23(3,4)5)28-19(30)12-27-21(31)17-8-9-29(17)16-7-6-14(25)11-15(16)26/h6-7,11,13,17-18,20,22,32H,8-10,12H2,1-5H3,(H,27,31)(H,28,30)/t17-,18-,20+,22?/m0/s1. The second-order valence-electron chi connectivity index (χ2n) is 10.4. The van der Waals surface area contributed by atoms with Crippen LogP contribution >= 0.6 is 0 Å². The molecular weight excluding hydrogens is 447 g/mol. The first-order chi connectivity index (χ1) is 15.9. The lowest BCUT2D eigenvalue weighted by atomic mass is 9.74. The fourth-order valence-corrected chi connectivity index (χ4v) is 4.23. The average Bonchev–Trinajstić information content (AvgIpc) is 3.09. The van der Waals surface area contributed by atoms with E-state index >= 15 is 0 Å². The summed E-state index contributed by atoms with van der Waals surface area (Å²) in [6.07, 6.45) is -0.600. The molecule has 2 saturated heterocycles. The molecule has 3 N–H and O–H groups in total. The Labute approximate surface area is 199 Å². The Morgan fingerprint density at radius 1 is 1.26 bits per heavy atom. The maximum atomic E-state index is 14.1. The van der Waals surface area contributed by atoms with Crippen LogP contribution in [0.1, 0.15) is 47.5 Å². The number of aliphatic hydroxyl groups is 1. The van der Waals surface area contributed by atoms with Crippen molar-refractivity contribution in [1.82, 2.24) is 10.6 Å². The highest BCUT2D eigenvalue weighted by atomic mass is 19.1. The normalized spacial score (nSPS) is 23.6. The quantitative estimate of drug-likeness (QED) is 0.492. The predicted molar refractivity (Wildman–Crippen MR) is 124 cm³/mol. The first-order valence-electron chi connectivity index (χ1n) is 11.6. The highest BCUT2D eigenvalue weighted by Crippen LogP contribution is 2.32. The van der Waals surface area contributed by atoms with Crippen molar-refractivity contribution in [3.8, 4) is 0 Å². The van der Waals surface area contributed by atoms with Gasteiger partial charge in [0.1, 0.15) is 17.7 Å². The number of carbonyl (C=O) groups is 2. The van der Waals surface area contributed by atoms with E-state index < -0.39 is 54.9 Å². The third-order valence-electron chi connectivity index (χ3n) is 6.03. The van der Waals surface area contributed by atoms with Crippen LogP contribution in [0, 0.1) is 23.0 Å². The van der Waals surface area contributed by atoms with E-state index in [4.69, 9.17) is 9.31 Å². The fourth-order valence-electron chi connectivity index (χ4n) is 4.23. The van der Waals surface area contributed by atoms with Crippen molar-refractivity contribution in [2.45, 2.75) is 71.8 Å². The minimum atomic E-state index is -1.10. The summed E-state index contributed by atoms with van der Waals surface area (Å²) in [4.78, 5) is 26.7. The third kappa shape index (κ3) is 6.25. The van der Waals surface area contributed by atoms with Crippen LogP contribution in [0.2, 0.25) is 0 Å². The van der Waals surface area contributed by atoms with Crippen molar-refractivity contribution in [2.24, 2.45) is 11.3 Å². The lowest BCUT2D eigenvalue weighted by Crippen LogP contribution is -2.58. The number of nitrogens with zero attached hydrogens (tertiary/aromatic N) is 1. The molecule has 2 amide bonds. The first-order valence-corrected chi connectivity index (χ1v) is 11.6. The molecule has 8 nitrogen and oxygen atoms in total. The molecule has 0 spiro atoms. The zero-order chi connectivity index (χ0) is 25.2. The molecule has 2 aliphatic heterocycles. The molecule has 1 aromatic rings. The van der Waals surface area contributed by atoms with Gasteiger partial charge in [-0.3, -0.25) is 9.59 Å². The van der Waals surface area contributed by atoms with E-state index in [0.717, 1.165) is 12.1 Å². The van der Waals surface area contributed by atoms with E-state index in [-0.39, 0.29) is 23.6 Å². The molecule has 2 fully saturated rings. The van der Waals surface area contributed by atoms with Crippen LogP contribution in [0.4, 0.5) is 14.5 Å². The monoisotopic (exact) mass is 481 g/mol. The highest BCUT2D eigenvalue weighted by Gasteiger charge is 2.48. The number of anilines is 1. The number of hydrogen-bond acceptors (Lipinski definition) is 6. The van der Waals surface area contributed by atoms with E-state index in [1.165, 1.54) is 11.0 Å². The van der Waals surface area contributed by atoms with Gasteiger partial charge < -0.3 is 29.9 Å². The van der Waals surface area contributed by atoms with E-state index in [0.29, 0.717) is 19.4 Å². The minimum Gasteiger partial charge on any atom is -0.401 e. The van der Waals surface area contributed by atoms with Crippen molar-refractivity contribution in [3.05, 3.63) is 29.8 Å². The largest absolute Gasteiger partial charge is 0.483 e. The second kappa shape index (κ2) is 10.6. The van der Waals surface area contributed by atoms with Crippen LogP contribution in [0.3, 0.4) is 0 Å². The van der Waals surface area contributed by atoms with Crippen molar-refractivity contribution in [1.29, 1.82) is 0 Å². The second-order valence-corrected chi connectivity index (χ2v) is 10.4. The van der Waals surface area contributed by atoms with E-state index in [2.05, 4.69) is 10.6 Å². The predicted octanol–water partition coefficient (Wildman–Crippen LogP) is 2.00. The Morgan fingerprint density at radius 3 is 2.50 bits per heavy atom. The van der Waals surface area contributed by atoms with Crippen molar-refractivity contribution >= 4 is 24.6 Å². The minimum absolute atomic E-state index is 0.150. The van der Waals surface area contributed by atoms with Gasteiger partial charge in [-0.05, 0) is 36.3 Å². The Balaban J connectivity index is 1.55. The van der Waals surface area contributed by atoms with Gasteiger partial charge in [0.15, 0.2) is 6.29 Å². The SMILES string of the molecule is CC(C)C[C@H](NC(=O)CNC(=O)[C@@H]1CCN1c1ccc(F)cc1F)B1OC(O)[C@H](C(C)(C)C)O1. The van der Waals surface area contributed by atoms with E-state index in [1.807, 2.05) is 34.6 Å². The van der Waals surface area contributed by atoms with Crippen molar-refractivity contribution < 1.29 is 32.8 Å². The number of aliphatic hydroxyl groups excluding tert-OH is 1. The lowest BCUT2D eigenvalue weighted by molar-refractivity contribution is -0.127. The summed E-state index contributed by atoms with van der Waals surface area (Å²) >= 11 is 0. The van der Waals surface area contributed by atoms with Gasteiger partial charge in [-0.2, -0.15) is 0 Å². The van der Waals surface area contributed by atoms with Crippen LogP contribution in [-0.4, -0.2) is 61.5 Å². The van der Waals surface area contributed by atoms with Gasteiger partial charge in [-0.25, -0.2) is 8.78 Å². The number of hydrogen-bond donors (Lipinski definition) is 3. The molecule has 0 bridgehead atoms. The molecule has 2 heterocycles. The van der Waals surface area contributed by atoms with Gasteiger partial charge in [-0.1, -0.05) is 34.6 Å². The van der Waals surface area contributed by atoms with Crippen LogP contribution in [0.5, 0.6) is 0 Å². The van der Waals surface area contributed by atoms with Gasteiger partial charge in [0.2, 0.25) is 11.8 Å². The van der Waals surface area contributed by atoms with E-state index in [1.54, 1.807) is 0 Å². The number of benzene rings is 1.